The maximum atomic E-state index is 12.9. The lowest BCUT2D eigenvalue weighted by Crippen LogP contribution is -2.33. The van der Waals surface area contributed by atoms with Crippen LogP contribution in [0, 0.1) is 0 Å². The number of aromatic nitrogens is 5. The molecule has 178 valence electrons. The van der Waals surface area contributed by atoms with Crippen LogP contribution in [0.2, 0.25) is 0 Å². The molecular weight excluding hydrogens is 438 g/mol. The van der Waals surface area contributed by atoms with Gasteiger partial charge in [-0.1, -0.05) is 13.0 Å². The smallest absolute Gasteiger partial charge is 0.325 e. The molecule has 2 aromatic heterocycles. The van der Waals surface area contributed by atoms with Gasteiger partial charge in [-0.25, -0.2) is 9.78 Å². The lowest BCUT2D eigenvalue weighted by Gasteiger charge is -2.19. The van der Waals surface area contributed by atoms with Gasteiger partial charge in [-0.15, -0.1) is 10.2 Å². The highest BCUT2D eigenvalue weighted by molar-refractivity contribution is 6.00. The summed E-state index contributed by atoms with van der Waals surface area (Å²) >= 11 is 0. The Hall–Kier alpha value is -4.22. The first-order chi connectivity index (χ1) is 17.6. The first kappa shape index (κ1) is 19.3. The number of para-hydroxylation sites is 1. The number of methoxy groups -OCH3 is 1. The number of anilines is 3. The van der Waals surface area contributed by atoms with Crippen molar-refractivity contribution in [3.63, 3.8) is 0 Å². The van der Waals surface area contributed by atoms with Crippen molar-refractivity contribution >= 4 is 29.1 Å². The Morgan fingerprint density at radius 2 is 2.12 bits per heavy atom. The minimum absolute atomic E-state index is 0.137. The number of amides is 3. The molecule has 0 saturated carbocycles. The summed E-state index contributed by atoms with van der Waals surface area (Å²) in [4.78, 5) is 33.1. The van der Waals surface area contributed by atoms with E-state index in [4.69, 9.17) is 8.85 Å². The van der Waals surface area contributed by atoms with E-state index in [1.54, 1.807) is 41.2 Å². The van der Waals surface area contributed by atoms with Crippen LogP contribution in [-0.4, -0.2) is 75.5 Å². The van der Waals surface area contributed by atoms with Crippen LogP contribution >= 0.6 is 0 Å². The molecule has 1 fully saturated rings. The molecule has 3 heterocycles. The van der Waals surface area contributed by atoms with Crippen molar-refractivity contribution in [1.82, 2.24) is 35.2 Å². The number of nitrogens with zero attached hydrogens (tertiary/aromatic N) is 7. The molecule has 3 aromatic rings. The fourth-order valence-electron chi connectivity index (χ4n) is 3.75. The third-order valence-electron chi connectivity index (χ3n) is 5.30. The molecule has 12 nitrogen and oxygen atoms in total. The number of carbonyl (C=O) groups excluding carboxylic acids is 2. The van der Waals surface area contributed by atoms with Crippen LogP contribution in [0.1, 0.15) is 27.9 Å². The molecule has 1 aliphatic heterocycles. The number of aryl methyl sites for hydroxylation is 1. The van der Waals surface area contributed by atoms with E-state index in [0.29, 0.717) is 42.5 Å². The predicted molar refractivity (Wildman–Crippen MR) is 126 cm³/mol. The van der Waals surface area contributed by atoms with Gasteiger partial charge in [0, 0.05) is 43.8 Å². The SMILES string of the molecule is [2H]C([2H])([2H])NC(=O)c1nnc(N2CCN(CCC)C2=O)cc1Nc1cccc(-c2ncn(C)n2)c1OC. The number of rotatable bonds is 8. The van der Waals surface area contributed by atoms with Gasteiger partial charge in [-0.2, -0.15) is 5.10 Å². The Labute approximate surface area is 201 Å². The molecule has 0 radical (unpaired) electrons. The zero-order valence-electron chi connectivity index (χ0n) is 22.1. The Kier molecular flexibility index (Phi) is 5.51. The number of ether oxygens (including phenoxy) is 1. The van der Waals surface area contributed by atoms with Crippen molar-refractivity contribution in [3.8, 4) is 17.1 Å². The first-order valence-corrected chi connectivity index (χ1v) is 10.7. The molecule has 1 aromatic carbocycles. The number of hydrogen-bond acceptors (Lipinski definition) is 8. The van der Waals surface area contributed by atoms with Gasteiger partial charge in [-0.05, 0) is 18.6 Å². The number of nitrogens with one attached hydrogen (secondary N) is 2. The summed E-state index contributed by atoms with van der Waals surface area (Å²) < 4.78 is 29.4. The molecule has 0 aliphatic carbocycles. The van der Waals surface area contributed by atoms with Crippen molar-refractivity contribution in [2.45, 2.75) is 13.3 Å². The van der Waals surface area contributed by atoms with Crippen molar-refractivity contribution < 1.29 is 18.4 Å². The Bertz CT molecular complexity index is 1310. The second-order valence-corrected chi connectivity index (χ2v) is 7.59. The summed E-state index contributed by atoms with van der Waals surface area (Å²) in [5.74, 6) is 0.0812. The third kappa shape index (κ3) is 4.34. The van der Waals surface area contributed by atoms with Crippen LogP contribution in [-0.2, 0) is 7.05 Å². The maximum Gasteiger partial charge on any atom is 0.325 e. The minimum atomic E-state index is -2.73. The van der Waals surface area contributed by atoms with Crippen LogP contribution in [0.5, 0.6) is 5.75 Å². The van der Waals surface area contributed by atoms with Gasteiger partial charge >= 0.3 is 6.03 Å². The van der Waals surface area contributed by atoms with Crippen LogP contribution < -0.4 is 20.3 Å². The second kappa shape index (κ2) is 9.73. The summed E-state index contributed by atoms with van der Waals surface area (Å²) in [6.45, 7) is 0.794. The normalized spacial score (nSPS) is 15.0. The summed E-state index contributed by atoms with van der Waals surface area (Å²) in [6, 6.07) is 6.51. The minimum Gasteiger partial charge on any atom is -0.494 e. The van der Waals surface area contributed by atoms with E-state index < -0.39 is 12.9 Å². The number of urea groups is 1. The highest BCUT2D eigenvalue weighted by Crippen LogP contribution is 2.37. The van der Waals surface area contributed by atoms with Gasteiger partial charge in [0.2, 0.25) is 0 Å². The molecular formula is C22H27N9O3. The fraction of sp³-hybridized carbons (Fsp3) is 0.364. The van der Waals surface area contributed by atoms with E-state index >= 15 is 0 Å². The highest BCUT2D eigenvalue weighted by atomic mass is 16.5. The maximum absolute atomic E-state index is 12.9. The van der Waals surface area contributed by atoms with Crippen molar-refractivity contribution in [2.24, 2.45) is 7.05 Å². The first-order valence-electron chi connectivity index (χ1n) is 12.2. The quantitative estimate of drug-likeness (QED) is 0.514. The number of benzene rings is 1. The molecule has 34 heavy (non-hydrogen) atoms. The van der Waals surface area contributed by atoms with Crippen LogP contribution in [0.15, 0.2) is 30.6 Å². The largest absolute Gasteiger partial charge is 0.494 e. The average Bonchev–Trinajstić information content (AvgIpc) is 3.43. The number of hydrogen-bond donors (Lipinski definition) is 2. The molecule has 0 spiro atoms. The van der Waals surface area contributed by atoms with E-state index in [1.165, 1.54) is 18.1 Å². The molecule has 0 unspecified atom stereocenters. The molecule has 4 rings (SSSR count). The van der Waals surface area contributed by atoms with Crippen molar-refractivity contribution in [3.05, 3.63) is 36.3 Å². The standard InChI is InChI=1S/C22H27N9O3/c1-5-9-30-10-11-31(22(30)33)17-12-16(18(27-26-17)21(32)23-2)25-15-8-6-7-14(19(15)34-4)20-24-13-29(3)28-20/h6-8,12-13H,5,9-11H2,1-4H3,(H,23,32)(H,25,26)/i2D3. The van der Waals surface area contributed by atoms with Crippen molar-refractivity contribution in [1.29, 1.82) is 0 Å². The average molecular weight is 469 g/mol. The van der Waals surface area contributed by atoms with Crippen LogP contribution in [0.3, 0.4) is 0 Å². The molecule has 1 aliphatic rings. The number of carbonyl (C=O) groups is 2. The zero-order chi connectivity index (χ0) is 26.7. The van der Waals surface area contributed by atoms with Gasteiger partial charge in [0.05, 0.1) is 24.0 Å². The molecule has 0 atom stereocenters. The molecule has 12 heteroatoms. The van der Waals surface area contributed by atoms with Gasteiger partial charge < -0.3 is 20.3 Å². The topological polar surface area (TPSA) is 130 Å². The molecule has 1 saturated heterocycles. The Balaban J connectivity index is 1.75. The van der Waals surface area contributed by atoms with Gasteiger partial charge in [0.15, 0.2) is 23.1 Å². The van der Waals surface area contributed by atoms with E-state index in [9.17, 15) is 9.59 Å². The summed E-state index contributed by atoms with van der Waals surface area (Å²) in [7, 11) is 3.23. The van der Waals surface area contributed by atoms with Crippen LogP contribution in [0.4, 0.5) is 22.0 Å². The van der Waals surface area contributed by atoms with Gasteiger partial charge in [-0.3, -0.25) is 14.4 Å². The van der Waals surface area contributed by atoms with E-state index in [1.807, 2.05) is 12.2 Å². The monoisotopic (exact) mass is 468 g/mol. The summed E-state index contributed by atoms with van der Waals surface area (Å²) in [5, 5.41) is 17.4. The van der Waals surface area contributed by atoms with E-state index in [0.717, 1.165) is 6.42 Å². The molecule has 3 amide bonds. The lowest BCUT2D eigenvalue weighted by molar-refractivity contribution is 0.0958. The zero-order valence-corrected chi connectivity index (χ0v) is 19.1. The highest BCUT2D eigenvalue weighted by Gasteiger charge is 2.31. The van der Waals surface area contributed by atoms with Gasteiger partial charge in [0.25, 0.3) is 5.91 Å². The lowest BCUT2D eigenvalue weighted by atomic mass is 10.1. The van der Waals surface area contributed by atoms with Crippen LogP contribution in [0.25, 0.3) is 11.4 Å². The van der Waals surface area contributed by atoms with E-state index in [2.05, 4.69) is 25.6 Å². The van der Waals surface area contributed by atoms with Gasteiger partial charge in [0.1, 0.15) is 6.33 Å². The fourth-order valence-corrected chi connectivity index (χ4v) is 3.75. The van der Waals surface area contributed by atoms with E-state index in [-0.39, 0.29) is 23.2 Å². The summed E-state index contributed by atoms with van der Waals surface area (Å²) in [6.07, 6.45) is 2.37. The third-order valence-corrected chi connectivity index (χ3v) is 5.30. The second-order valence-electron chi connectivity index (χ2n) is 7.59. The Morgan fingerprint density at radius 3 is 2.82 bits per heavy atom. The summed E-state index contributed by atoms with van der Waals surface area (Å²) in [5.41, 5.74) is 0.904. The molecule has 0 bridgehead atoms. The Morgan fingerprint density at radius 1 is 1.26 bits per heavy atom. The van der Waals surface area contributed by atoms with Crippen molar-refractivity contribution in [2.75, 3.05) is 43.9 Å². The molecule has 2 N–H and O–H groups in total. The predicted octanol–water partition coefficient (Wildman–Crippen LogP) is 2.04.